The topological polar surface area (TPSA) is 110 Å². The Hall–Kier alpha value is -2.48. The summed E-state index contributed by atoms with van der Waals surface area (Å²) in [6, 6.07) is 4.69. The maximum atomic E-state index is 11.7. The molecule has 2 atom stereocenters. The molecule has 1 aromatic carbocycles. The zero-order chi connectivity index (χ0) is 14.9. The molecule has 1 aromatic rings. The number of carboxylic acid groups (broad SMARTS) is 1. The van der Waals surface area contributed by atoms with E-state index in [1.807, 2.05) is 0 Å². The smallest absolute Gasteiger partial charge is 0.335 e. The maximum Gasteiger partial charge on any atom is 0.335 e. The third kappa shape index (κ3) is 2.32. The summed E-state index contributed by atoms with van der Waals surface area (Å²) >= 11 is 0. The van der Waals surface area contributed by atoms with Crippen molar-refractivity contribution in [2.75, 3.05) is 13.7 Å². The van der Waals surface area contributed by atoms with Crippen LogP contribution in [0.1, 0.15) is 11.6 Å². The number of aliphatic carboxylic acids is 1. The Balaban J connectivity index is 2.53. The SMILES string of the molecule is CN1C(=O)COC(C(=O)O)C1c1ccccc1[N+](=O)[O-]. The first-order chi connectivity index (χ1) is 9.43. The minimum Gasteiger partial charge on any atom is -0.479 e. The number of rotatable bonds is 3. The fourth-order valence-corrected chi connectivity index (χ4v) is 2.19. The summed E-state index contributed by atoms with van der Waals surface area (Å²) in [6.45, 7) is -0.357. The van der Waals surface area contributed by atoms with Gasteiger partial charge in [-0.3, -0.25) is 14.9 Å². The second-order valence-electron chi connectivity index (χ2n) is 4.34. The molecule has 1 amide bonds. The highest BCUT2D eigenvalue weighted by molar-refractivity contribution is 5.83. The number of likely N-dealkylation sites (N-methyl/N-ethyl adjacent to an activating group) is 1. The van der Waals surface area contributed by atoms with Gasteiger partial charge in [0.15, 0.2) is 6.10 Å². The zero-order valence-corrected chi connectivity index (χ0v) is 10.6. The molecule has 0 saturated carbocycles. The van der Waals surface area contributed by atoms with Crippen LogP contribution in [0.3, 0.4) is 0 Å². The summed E-state index contributed by atoms with van der Waals surface area (Å²) in [4.78, 5) is 34.5. The lowest BCUT2D eigenvalue weighted by molar-refractivity contribution is -0.386. The lowest BCUT2D eigenvalue weighted by Crippen LogP contribution is -2.50. The number of nitro benzene ring substituents is 1. The van der Waals surface area contributed by atoms with E-state index in [0.717, 1.165) is 0 Å². The lowest BCUT2D eigenvalue weighted by atomic mass is 9.96. The van der Waals surface area contributed by atoms with E-state index in [9.17, 15) is 24.8 Å². The van der Waals surface area contributed by atoms with Crippen molar-refractivity contribution in [2.24, 2.45) is 0 Å². The first-order valence-electron chi connectivity index (χ1n) is 5.77. The van der Waals surface area contributed by atoms with Gasteiger partial charge in [0.25, 0.3) is 5.69 Å². The van der Waals surface area contributed by atoms with Gasteiger partial charge in [-0.2, -0.15) is 0 Å². The van der Waals surface area contributed by atoms with Crippen LogP contribution in [0.4, 0.5) is 5.69 Å². The monoisotopic (exact) mass is 280 g/mol. The first-order valence-corrected chi connectivity index (χ1v) is 5.77. The molecule has 1 aliphatic rings. The minimum atomic E-state index is -1.33. The average Bonchev–Trinajstić information content (AvgIpc) is 2.41. The number of carbonyl (C=O) groups is 2. The number of ether oxygens (including phenoxy) is 1. The summed E-state index contributed by atoms with van der Waals surface area (Å²) in [6.07, 6.45) is -1.33. The average molecular weight is 280 g/mol. The van der Waals surface area contributed by atoms with Crippen LogP contribution >= 0.6 is 0 Å². The normalized spacial score (nSPS) is 22.6. The van der Waals surface area contributed by atoms with Crippen LogP contribution in [0.25, 0.3) is 0 Å². The lowest BCUT2D eigenvalue weighted by Gasteiger charge is -2.36. The van der Waals surface area contributed by atoms with Crippen LogP contribution in [-0.4, -0.2) is 46.6 Å². The van der Waals surface area contributed by atoms with Crippen molar-refractivity contribution in [3.05, 3.63) is 39.9 Å². The van der Waals surface area contributed by atoms with Crippen molar-refractivity contribution < 1.29 is 24.4 Å². The van der Waals surface area contributed by atoms with Gasteiger partial charge in [-0.05, 0) is 6.07 Å². The van der Waals surface area contributed by atoms with Gasteiger partial charge >= 0.3 is 5.97 Å². The molecular formula is C12H12N2O6. The van der Waals surface area contributed by atoms with E-state index < -0.39 is 28.9 Å². The van der Waals surface area contributed by atoms with Crippen LogP contribution in [0.15, 0.2) is 24.3 Å². The van der Waals surface area contributed by atoms with E-state index in [1.165, 1.54) is 30.1 Å². The number of nitro groups is 1. The molecule has 0 spiro atoms. The zero-order valence-electron chi connectivity index (χ0n) is 10.6. The van der Waals surface area contributed by atoms with Crippen molar-refractivity contribution in [1.29, 1.82) is 0 Å². The Labute approximate surface area is 113 Å². The number of nitrogens with zero attached hydrogens (tertiary/aromatic N) is 2. The molecule has 8 heteroatoms. The second kappa shape index (κ2) is 5.25. The molecule has 0 bridgehead atoms. The molecule has 1 saturated heterocycles. The van der Waals surface area contributed by atoms with Gasteiger partial charge < -0.3 is 14.7 Å². The second-order valence-corrected chi connectivity index (χ2v) is 4.34. The number of hydrogen-bond donors (Lipinski definition) is 1. The molecule has 20 heavy (non-hydrogen) atoms. The largest absolute Gasteiger partial charge is 0.479 e. The fraction of sp³-hybridized carbons (Fsp3) is 0.333. The Morgan fingerprint density at radius 3 is 2.75 bits per heavy atom. The summed E-state index contributed by atoms with van der Waals surface area (Å²) < 4.78 is 5.01. The number of carboxylic acids is 1. The van der Waals surface area contributed by atoms with Crippen LogP contribution in [0.2, 0.25) is 0 Å². The number of amides is 1. The Morgan fingerprint density at radius 1 is 1.50 bits per heavy atom. The number of para-hydroxylation sites is 1. The van der Waals surface area contributed by atoms with E-state index >= 15 is 0 Å². The van der Waals surface area contributed by atoms with Crippen molar-refractivity contribution in [3.63, 3.8) is 0 Å². The van der Waals surface area contributed by atoms with Crippen LogP contribution in [0.5, 0.6) is 0 Å². The quantitative estimate of drug-likeness (QED) is 0.640. The van der Waals surface area contributed by atoms with E-state index in [0.29, 0.717) is 0 Å². The third-order valence-electron chi connectivity index (χ3n) is 3.18. The number of hydrogen-bond acceptors (Lipinski definition) is 5. The highest BCUT2D eigenvalue weighted by Gasteiger charge is 2.42. The molecule has 0 aliphatic carbocycles. The predicted molar refractivity (Wildman–Crippen MR) is 66.0 cm³/mol. The van der Waals surface area contributed by atoms with Crippen LogP contribution in [-0.2, 0) is 14.3 Å². The standard InChI is InChI=1S/C12H12N2O6/c1-13-9(15)6-20-11(12(16)17)10(13)7-4-2-3-5-8(7)14(18)19/h2-5,10-11H,6H2,1H3,(H,16,17). The Kier molecular flexibility index (Phi) is 3.66. The fourth-order valence-electron chi connectivity index (χ4n) is 2.19. The molecule has 1 fully saturated rings. The van der Waals surface area contributed by atoms with Gasteiger partial charge in [0.1, 0.15) is 12.6 Å². The van der Waals surface area contributed by atoms with Crippen LogP contribution < -0.4 is 0 Å². The molecule has 2 rings (SSSR count). The Bertz CT molecular complexity index is 573. The van der Waals surface area contributed by atoms with E-state index in [2.05, 4.69) is 0 Å². The summed E-state index contributed by atoms with van der Waals surface area (Å²) in [5.74, 6) is -1.70. The van der Waals surface area contributed by atoms with Gasteiger partial charge in [-0.25, -0.2) is 4.79 Å². The van der Waals surface area contributed by atoms with Crippen molar-refractivity contribution in [3.8, 4) is 0 Å². The predicted octanol–water partition coefficient (Wildman–Crippen LogP) is 0.578. The highest BCUT2D eigenvalue weighted by Crippen LogP contribution is 2.34. The molecular weight excluding hydrogens is 268 g/mol. The summed E-state index contributed by atoms with van der Waals surface area (Å²) in [5, 5.41) is 20.2. The molecule has 106 valence electrons. The summed E-state index contributed by atoms with van der Waals surface area (Å²) in [5.41, 5.74) is -0.102. The number of benzene rings is 1. The van der Waals surface area contributed by atoms with Gasteiger partial charge in [0.2, 0.25) is 5.91 Å². The van der Waals surface area contributed by atoms with Crippen molar-refractivity contribution in [2.45, 2.75) is 12.1 Å². The summed E-state index contributed by atoms with van der Waals surface area (Å²) in [7, 11) is 1.40. The van der Waals surface area contributed by atoms with Crippen molar-refractivity contribution >= 4 is 17.6 Å². The maximum absolute atomic E-state index is 11.7. The third-order valence-corrected chi connectivity index (χ3v) is 3.18. The number of morpholine rings is 1. The van der Waals surface area contributed by atoms with Gasteiger partial charge in [-0.1, -0.05) is 12.1 Å². The van der Waals surface area contributed by atoms with E-state index in [4.69, 9.17) is 4.74 Å². The molecule has 2 unspecified atom stereocenters. The van der Waals surface area contributed by atoms with Gasteiger partial charge in [0.05, 0.1) is 10.5 Å². The molecule has 0 aromatic heterocycles. The molecule has 1 N–H and O–H groups in total. The first kappa shape index (κ1) is 13.9. The highest BCUT2D eigenvalue weighted by atomic mass is 16.6. The molecule has 0 radical (unpaired) electrons. The minimum absolute atomic E-state index is 0.139. The van der Waals surface area contributed by atoms with E-state index in [-0.39, 0.29) is 17.9 Å². The molecule has 1 aliphatic heterocycles. The van der Waals surface area contributed by atoms with Crippen LogP contribution in [0, 0.1) is 10.1 Å². The van der Waals surface area contributed by atoms with Gasteiger partial charge in [-0.15, -0.1) is 0 Å². The Morgan fingerprint density at radius 2 is 2.15 bits per heavy atom. The van der Waals surface area contributed by atoms with Crippen molar-refractivity contribution in [1.82, 2.24) is 4.90 Å². The van der Waals surface area contributed by atoms with E-state index in [1.54, 1.807) is 6.07 Å². The molecule has 8 nitrogen and oxygen atoms in total. The number of carbonyl (C=O) groups excluding carboxylic acids is 1. The molecule has 1 heterocycles. The van der Waals surface area contributed by atoms with Gasteiger partial charge in [0, 0.05) is 13.1 Å².